The molecular formula is C16H20N4O3. The summed E-state index contributed by atoms with van der Waals surface area (Å²) in [5, 5.41) is 21.8. The van der Waals surface area contributed by atoms with E-state index in [4.69, 9.17) is 9.83 Å². The molecule has 0 aromatic carbocycles. The standard InChI is InChI=1S/C16H20N4O3/c1-10-8-13-16(23-10)15(14(9-18-13)20(21)22)19-12-4-2-11(3-5-12)6-7-17/h7-9,11-12,17H,2-6H2,1H3,(H,18,19). The smallest absolute Gasteiger partial charge is 0.314 e. The van der Waals surface area contributed by atoms with Gasteiger partial charge in [-0.1, -0.05) is 0 Å². The van der Waals surface area contributed by atoms with E-state index in [0.29, 0.717) is 28.5 Å². The summed E-state index contributed by atoms with van der Waals surface area (Å²) >= 11 is 0. The highest BCUT2D eigenvalue weighted by molar-refractivity contribution is 5.91. The fourth-order valence-corrected chi connectivity index (χ4v) is 3.28. The molecule has 23 heavy (non-hydrogen) atoms. The number of anilines is 1. The molecule has 0 aliphatic heterocycles. The van der Waals surface area contributed by atoms with E-state index in [2.05, 4.69) is 10.3 Å². The molecule has 0 bridgehead atoms. The van der Waals surface area contributed by atoms with Crippen molar-refractivity contribution in [2.24, 2.45) is 5.92 Å². The van der Waals surface area contributed by atoms with E-state index in [0.717, 1.165) is 32.1 Å². The molecule has 3 rings (SSSR count). The van der Waals surface area contributed by atoms with E-state index in [9.17, 15) is 10.1 Å². The number of fused-ring (bicyclic) bond motifs is 1. The lowest BCUT2D eigenvalue weighted by atomic mass is 9.84. The Kier molecular flexibility index (Phi) is 4.27. The van der Waals surface area contributed by atoms with Crippen molar-refractivity contribution >= 4 is 28.7 Å². The molecule has 1 saturated carbocycles. The molecule has 1 aliphatic carbocycles. The molecule has 0 atom stereocenters. The lowest BCUT2D eigenvalue weighted by molar-refractivity contribution is -0.384. The summed E-state index contributed by atoms with van der Waals surface area (Å²) in [6.45, 7) is 1.81. The Morgan fingerprint density at radius 2 is 2.22 bits per heavy atom. The molecule has 0 radical (unpaired) electrons. The molecule has 1 fully saturated rings. The summed E-state index contributed by atoms with van der Waals surface area (Å²) in [6, 6.07) is 1.97. The second kappa shape index (κ2) is 6.36. The summed E-state index contributed by atoms with van der Waals surface area (Å²) in [6.07, 6.45) is 7.54. The van der Waals surface area contributed by atoms with E-state index < -0.39 is 4.92 Å². The van der Waals surface area contributed by atoms with Crippen molar-refractivity contribution in [3.63, 3.8) is 0 Å². The Bertz CT molecular complexity index is 732. The quantitative estimate of drug-likeness (QED) is 0.491. The number of nitrogens with zero attached hydrogens (tertiary/aromatic N) is 2. The molecular weight excluding hydrogens is 296 g/mol. The molecule has 0 saturated heterocycles. The van der Waals surface area contributed by atoms with Crippen LogP contribution in [0.2, 0.25) is 0 Å². The Morgan fingerprint density at radius 1 is 1.48 bits per heavy atom. The van der Waals surface area contributed by atoms with Crippen LogP contribution in [0.5, 0.6) is 0 Å². The number of rotatable bonds is 5. The SMILES string of the molecule is Cc1cc2ncc([N+](=O)[O-])c(NC3CCC(CC=N)CC3)c2o1. The van der Waals surface area contributed by atoms with Crippen molar-refractivity contribution in [2.75, 3.05) is 5.32 Å². The molecule has 2 aromatic rings. The Labute approximate surface area is 133 Å². The van der Waals surface area contributed by atoms with Gasteiger partial charge in [0.25, 0.3) is 0 Å². The van der Waals surface area contributed by atoms with Gasteiger partial charge in [-0.25, -0.2) is 4.98 Å². The first-order chi connectivity index (χ1) is 11.1. The van der Waals surface area contributed by atoms with Crippen LogP contribution in [0.25, 0.3) is 11.1 Å². The van der Waals surface area contributed by atoms with Crippen LogP contribution in [0.4, 0.5) is 11.4 Å². The van der Waals surface area contributed by atoms with Crippen LogP contribution in [-0.4, -0.2) is 22.2 Å². The predicted molar refractivity (Wildman–Crippen MR) is 88.2 cm³/mol. The normalized spacial score (nSPS) is 21.3. The number of furan rings is 1. The van der Waals surface area contributed by atoms with E-state index in [1.807, 2.05) is 0 Å². The van der Waals surface area contributed by atoms with Crippen LogP contribution in [0.15, 0.2) is 16.7 Å². The molecule has 2 N–H and O–H groups in total. The van der Waals surface area contributed by atoms with Crippen LogP contribution in [0, 0.1) is 28.4 Å². The number of nitro groups is 1. The van der Waals surface area contributed by atoms with Crippen molar-refractivity contribution < 1.29 is 9.34 Å². The third-order valence-corrected chi connectivity index (χ3v) is 4.49. The summed E-state index contributed by atoms with van der Waals surface area (Å²) in [7, 11) is 0. The van der Waals surface area contributed by atoms with Gasteiger partial charge in [0.15, 0.2) is 11.3 Å². The van der Waals surface area contributed by atoms with Crippen molar-refractivity contribution in [2.45, 2.75) is 45.1 Å². The van der Waals surface area contributed by atoms with Crippen molar-refractivity contribution in [1.82, 2.24) is 4.98 Å². The second-order valence-electron chi connectivity index (χ2n) is 6.15. The zero-order valence-electron chi connectivity index (χ0n) is 13.0. The summed E-state index contributed by atoms with van der Waals surface area (Å²) in [5.74, 6) is 1.24. The molecule has 7 nitrogen and oxygen atoms in total. The van der Waals surface area contributed by atoms with Gasteiger partial charge in [-0.2, -0.15) is 0 Å². The van der Waals surface area contributed by atoms with Crippen LogP contribution in [0.3, 0.4) is 0 Å². The number of pyridine rings is 1. The molecule has 7 heteroatoms. The lowest BCUT2D eigenvalue weighted by Crippen LogP contribution is -2.26. The first-order valence-corrected chi connectivity index (χ1v) is 7.87. The highest BCUT2D eigenvalue weighted by atomic mass is 16.6. The van der Waals surface area contributed by atoms with E-state index in [1.54, 1.807) is 13.0 Å². The Hall–Kier alpha value is -2.44. The first-order valence-electron chi connectivity index (χ1n) is 7.87. The number of hydrogen-bond acceptors (Lipinski definition) is 6. The van der Waals surface area contributed by atoms with Crippen molar-refractivity contribution in [3.8, 4) is 0 Å². The second-order valence-corrected chi connectivity index (χ2v) is 6.15. The fourth-order valence-electron chi connectivity index (χ4n) is 3.28. The third-order valence-electron chi connectivity index (χ3n) is 4.49. The molecule has 0 unspecified atom stereocenters. The number of nitrogens with one attached hydrogen (secondary N) is 2. The average molecular weight is 316 g/mol. The number of aryl methyl sites for hydroxylation is 1. The van der Waals surface area contributed by atoms with Crippen LogP contribution in [-0.2, 0) is 0 Å². The van der Waals surface area contributed by atoms with Crippen LogP contribution >= 0.6 is 0 Å². The summed E-state index contributed by atoms with van der Waals surface area (Å²) in [4.78, 5) is 15.0. The monoisotopic (exact) mass is 316 g/mol. The number of aromatic nitrogens is 1. The molecule has 2 aromatic heterocycles. The zero-order valence-corrected chi connectivity index (χ0v) is 13.0. The largest absolute Gasteiger partial charge is 0.457 e. The summed E-state index contributed by atoms with van der Waals surface area (Å²) < 4.78 is 5.63. The average Bonchev–Trinajstić information content (AvgIpc) is 2.90. The third kappa shape index (κ3) is 3.18. The zero-order chi connectivity index (χ0) is 16.4. The van der Waals surface area contributed by atoms with E-state index in [-0.39, 0.29) is 11.7 Å². The topological polar surface area (TPSA) is 105 Å². The van der Waals surface area contributed by atoms with E-state index >= 15 is 0 Å². The highest BCUT2D eigenvalue weighted by Crippen LogP contribution is 2.36. The first kappa shape index (κ1) is 15.5. The predicted octanol–water partition coefficient (Wildman–Crippen LogP) is 4.05. The van der Waals surface area contributed by atoms with Gasteiger partial charge < -0.3 is 15.1 Å². The minimum absolute atomic E-state index is 0.0477. The summed E-state index contributed by atoms with van der Waals surface area (Å²) in [5.41, 5.74) is 1.48. The van der Waals surface area contributed by atoms with Gasteiger partial charge in [0.1, 0.15) is 17.5 Å². The molecule has 0 amide bonds. The van der Waals surface area contributed by atoms with Gasteiger partial charge in [-0.15, -0.1) is 0 Å². The Morgan fingerprint density at radius 3 is 2.87 bits per heavy atom. The molecule has 0 spiro atoms. The number of hydrogen-bond donors (Lipinski definition) is 2. The maximum atomic E-state index is 11.3. The van der Waals surface area contributed by atoms with Gasteiger partial charge in [0.2, 0.25) is 0 Å². The van der Waals surface area contributed by atoms with Crippen molar-refractivity contribution in [1.29, 1.82) is 5.41 Å². The maximum Gasteiger partial charge on any atom is 0.314 e. The fraction of sp³-hybridized carbons (Fsp3) is 0.500. The maximum absolute atomic E-state index is 11.3. The van der Waals surface area contributed by atoms with Gasteiger partial charge in [-0.05, 0) is 51.2 Å². The van der Waals surface area contributed by atoms with Gasteiger partial charge in [0, 0.05) is 12.1 Å². The Balaban J connectivity index is 1.85. The van der Waals surface area contributed by atoms with Crippen molar-refractivity contribution in [3.05, 3.63) is 28.1 Å². The van der Waals surface area contributed by atoms with Gasteiger partial charge >= 0.3 is 5.69 Å². The van der Waals surface area contributed by atoms with Gasteiger partial charge in [0.05, 0.1) is 4.92 Å². The molecule has 122 valence electrons. The minimum Gasteiger partial charge on any atom is -0.457 e. The van der Waals surface area contributed by atoms with E-state index in [1.165, 1.54) is 12.4 Å². The lowest BCUT2D eigenvalue weighted by Gasteiger charge is -2.28. The molecule has 2 heterocycles. The van der Waals surface area contributed by atoms with Crippen LogP contribution in [0.1, 0.15) is 37.9 Å². The minimum atomic E-state index is -0.423. The molecule has 1 aliphatic rings. The highest BCUT2D eigenvalue weighted by Gasteiger charge is 2.26. The van der Waals surface area contributed by atoms with Gasteiger partial charge in [-0.3, -0.25) is 10.1 Å². The van der Waals surface area contributed by atoms with Crippen LogP contribution < -0.4 is 5.32 Å².